The fraction of sp³-hybridized carbons (Fsp3) is 0.160. The molecule has 0 radical (unpaired) electrons. The van der Waals surface area contributed by atoms with Crippen molar-refractivity contribution < 1.29 is 18.7 Å². The maximum absolute atomic E-state index is 12.6. The molecule has 4 aromatic rings. The molecule has 0 N–H and O–H groups in total. The van der Waals surface area contributed by atoms with E-state index < -0.39 is 11.7 Å². The molecule has 3 aromatic carbocycles. The molecule has 162 valence electrons. The van der Waals surface area contributed by atoms with Gasteiger partial charge < -0.3 is 14.1 Å². The molecule has 0 fully saturated rings. The number of amides is 1. The van der Waals surface area contributed by atoms with E-state index in [2.05, 4.69) is 0 Å². The number of carbonyl (C=O) groups is 2. The van der Waals surface area contributed by atoms with E-state index in [4.69, 9.17) is 9.15 Å². The first-order valence-corrected chi connectivity index (χ1v) is 10.2. The summed E-state index contributed by atoms with van der Waals surface area (Å²) >= 11 is 0. The van der Waals surface area contributed by atoms with Gasteiger partial charge in [0.2, 0.25) is 0 Å². The van der Waals surface area contributed by atoms with Gasteiger partial charge in [-0.15, -0.1) is 0 Å². The molecular formula is C25H22N2O5. The van der Waals surface area contributed by atoms with Crippen LogP contribution in [-0.2, 0) is 11.3 Å². The molecule has 1 aromatic heterocycles. The molecular weight excluding hydrogens is 408 g/mol. The van der Waals surface area contributed by atoms with Gasteiger partial charge in [-0.25, -0.2) is 4.79 Å². The number of rotatable bonds is 6. The predicted molar refractivity (Wildman–Crippen MR) is 121 cm³/mol. The maximum atomic E-state index is 12.6. The average molecular weight is 430 g/mol. The van der Waals surface area contributed by atoms with Crippen LogP contribution < -0.4 is 15.4 Å². The lowest BCUT2D eigenvalue weighted by Crippen LogP contribution is -2.26. The minimum Gasteiger partial charge on any atom is -0.426 e. The highest BCUT2D eigenvalue weighted by molar-refractivity contribution is 6.05. The summed E-state index contributed by atoms with van der Waals surface area (Å²) < 4.78 is 11.9. The molecule has 7 heteroatoms. The summed E-state index contributed by atoms with van der Waals surface area (Å²) in [6.07, 6.45) is 0.0109. The number of benzene rings is 3. The van der Waals surface area contributed by atoms with Gasteiger partial charge in [0.25, 0.3) is 5.91 Å². The number of fused-ring (bicyclic) bond motifs is 1. The topological polar surface area (TPSA) is 81.8 Å². The maximum Gasteiger partial charge on any atom is 0.419 e. The lowest BCUT2D eigenvalue weighted by molar-refractivity contribution is -0.134. The zero-order valence-corrected chi connectivity index (χ0v) is 17.8. The fourth-order valence-electron chi connectivity index (χ4n) is 3.36. The molecule has 0 saturated heterocycles. The van der Waals surface area contributed by atoms with Crippen molar-refractivity contribution in [3.8, 4) is 5.75 Å². The molecule has 0 aliphatic heterocycles. The Hall–Kier alpha value is -4.13. The standard InChI is InChI=1S/C25H22N2O5/c1-17-7-9-18(10-8-17)24(29)26(2)19-11-13-20(14-12-19)31-23(28)15-16-27-21-5-3-4-6-22(21)32-25(27)30/h3-14H,15-16H2,1-2H3. The summed E-state index contributed by atoms with van der Waals surface area (Å²) in [4.78, 5) is 38.4. The third-order valence-corrected chi connectivity index (χ3v) is 5.17. The van der Waals surface area contributed by atoms with E-state index in [0.717, 1.165) is 5.56 Å². The van der Waals surface area contributed by atoms with Crippen LogP contribution in [0.5, 0.6) is 5.75 Å². The number of hydrogen-bond donors (Lipinski definition) is 0. The largest absolute Gasteiger partial charge is 0.426 e. The monoisotopic (exact) mass is 430 g/mol. The zero-order valence-electron chi connectivity index (χ0n) is 17.8. The molecule has 0 spiro atoms. The van der Waals surface area contributed by atoms with E-state index >= 15 is 0 Å². The first-order chi connectivity index (χ1) is 15.4. The van der Waals surface area contributed by atoms with Gasteiger partial charge in [-0.05, 0) is 55.5 Å². The predicted octanol–water partition coefficient (Wildman–Crippen LogP) is 4.18. The summed E-state index contributed by atoms with van der Waals surface area (Å²) in [5.41, 5.74) is 3.46. The zero-order chi connectivity index (χ0) is 22.7. The summed E-state index contributed by atoms with van der Waals surface area (Å²) in [7, 11) is 1.69. The van der Waals surface area contributed by atoms with Gasteiger partial charge in [0.15, 0.2) is 5.58 Å². The lowest BCUT2D eigenvalue weighted by Gasteiger charge is -2.18. The Balaban J connectivity index is 1.37. The van der Waals surface area contributed by atoms with E-state index in [1.165, 1.54) is 9.47 Å². The van der Waals surface area contributed by atoms with Crippen LogP contribution in [0.25, 0.3) is 11.1 Å². The Labute approximate surface area is 184 Å². The third-order valence-electron chi connectivity index (χ3n) is 5.17. The fourth-order valence-corrected chi connectivity index (χ4v) is 3.36. The molecule has 32 heavy (non-hydrogen) atoms. The van der Waals surface area contributed by atoms with Crippen LogP contribution in [-0.4, -0.2) is 23.5 Å². The van der Waals surface area contributed by atoms with Crippen molar-refractivity contribution >= 4 is 28.7 Å². The summed E-state index contributed by atoms with van der Waals surface area (Å²) in [6.45, 7) is 2.12. The number of para-hydroxylation sites is 2. The van der Waals surface area contributed by atoms with Crippen LogP contribution in [0.15, 0.2) is 82.0 Å². The van der Waals surface area contributed by atoms with Gasteiger partial charge in [-0.1, -0.05) is 29.8 Å². The van der Waals surface area contributed by atoms with E-state index in [-0.39, 0.29) is 18.9 Å². The number of anilines is 1. The van der Waals surface area contributed by atoms with Gasteiger partial charge in [-0.3, -0.25) is 14.2 Å². The second-order valence-corrected chi connectivity index (χ2v) is 7.44. The van der Waals surface area contributed by atoms with Crippen molar-refractivity contribution in [2.24, 2.45) is 0 Å². The van der Waals surface area contributed by atoms with Gasteiger partial charge in [-0.2, -0.15) is 0 Å². The Morgan fingerprint density at radius 1 is 0.969 bits per heavy atom. The lowest BCUT2D eigenvalue weighted by atomic mass is 10.1. The van der Waals surface area contributed by atoms with Crippen molar-refractivity contribution in [1.29, 1.82) is 0 Å². The Kier molecular flexibility index (Phi) is 5.89. The van der Waals surface area contributed by atoms with Crippen molar-refractivity contribution in [2.75, 3.05) is 11.9 Å². The van der Waals surface area contributed by atoms with Crippen molar-refractivity contribution in [3.63, 3.8) is 0 Å². The van der Waals surface area contributed by atoms with E-state index in [1.54, 1.807) is 67.7 Å². The molecule has 4 rings (SSSR count). The quantitative estimate of drug-likeness (QED) is 0.339. The van der Waals surface area contributed by atoms with Crippen LogP contribution in [0.4, 0.5) is 5.69 Å². The molecule has 0 aliphatic carbocycles. The SMILES string of the molecule is Cc1ccc(C(=O)N(C)c2ccc(OC(=O)CCn3c(=O)oc4ccccc43)cc2)cc1. The minimum atomic E-state index is -0.510. The van der Waals surface area contributed by atoms with E-state index in [1.807, 2.05) is 19.1 Å². The van der Waals surface area contributed by atoms with E-state index in [9.17, 15) is 14.4 Å². The van der Waals surface area contributed by atoms with Gasteiger partial charge >= 0.3 is 11.7 Å². The first kappa shape index (κ1) is 21.1. The van der Waals surface area contributed by atoms with Crippen LogP contribution in [0.3, 0.4) is 0 Å². The van der Waals surface area contributed by atoms with Crippen LogP contribution in [0.2, 0.25) is 0 Å². The van der Waals surface area contributed by atoms with Crippen LogP contribution >= 0.6 is 0 Å². The Bertz CT molecular complexity index is 1320. The van der Waals surface area contributed by atoms with Crippen molar-refractivity contribution in [3.05, 3.63) is 94.5 Å². The second-order valence-electron chi connectivity index (χ2n) is 7.44. The van der Waals surface area contributed by atoms with Crippen molar-refractivity contribution in [2.45, 2.75) is 19.9 Å². The van der Waals surface area contributed by atoms with Crippen LogP contribution in [0, 0.1) is 6.92 Å². The molecule has 7 nitrogen and oxygen atoms in total. The Morgan fingerprint density at radius 3 is 2.38 bits per heavy atom. The molecule has 0 bridgehead atoms. The van der Waals surface area contributed by atoms with E-state index in [0.29, 0.717) is 28.1 Å². The molecule has 1 amide bonds. The molecule has 0 saturated carbocycles. The van der Waals surface area contributed by atoms with Gasteiger partial charge in [0.1, 0.15) is 5.75 Å². The summed E-state index contributed by atoms with van der Waals surface area (Å²) in [5.74, 6) is -0.754. The molecule has 0 aliphatic rings. The number of oxazole rings is 1. The number of hydrogen-bond acceptors (Lipinski definition) is 5. The van der Waals surface area contributed by atoms with Crippen molar-refractivity contribution in [1.82, 2.24) is 4.57 Å². The Morgan fingerprint density at radius 2 is 1.66 bits per heavy atom. The second kappa shape index (κ2) is 8.93. The average Bonchev–Trinajstić information content (AvgIpc) is 3.12. The smallest absolute Gasteiger partial charge is 0.419 e. The number of carbonyl (C=O) groups excluding carboxylic acids is 2. The molecule has 1 heterocycles. The highest BCUT2D eigenvalue weighted by Gasteiger charge is 2.15. The minimum absolute atomic E-state index is 0.0109. The molecule has 0 unspecified atom stereocenters. The highest BCUT2D eigenvalue weighted by atomic mass is 16.5. The number of aryl methyl sites for hydroxylation is 2. The number of esters is 1. The summed E-state index contributed by atoms with van der Waals surface area (Å²) in [6, 6.07) is 21.1. The van der Waals surface area contributed by atoms with Crippen LogP contribution in [0.1, 0.15) is 22.3 Å². The number of aromatic nitrogens is 1. The van der Waals surface area contributed by atoms with Gasteiger partial charge in [0.05, 0.1) is 11.9 Å². The first-order valence-electron chi connectivity index (χ1n) is 10.2. The third kappa shape index (κ3) is 4.46. The number of nitrogens with zero attached hydrogens (tertiary/aromatic N) is 2. The normalized spacial score (nSPS) is 10.8. The number of ether oxygens (including phenoxy) is 1. The molecule has 0 atom stereocenters. The van der Waals surface area contributed by atoms with Gasteiger partial charge in [0, 0.05) is 24.8 Å². The highest BCUT2D eigenvalue weighted by Crippen LogP contribution is 2.21. The summed E-state index contributed by atoms with van der Waals surface area (Å²) in [5, 5.41) is 0.